The molecule has 1 atom stereocenters. The smallest absolute Gasteiger partial charge is 0.122 e. The van der Waals surface area contributed by atoms with Crippen LogP contribution in [-0.4, -0.2) is 24.4 Å². The molecule has 112 valence electrons. The highest BCUT2D eigenvalue weighted by atomic mass is 16.5. The Morgan fingerprint density at radius 2 is 1.81 bits per heavy atom. The lowest BCUT2D eigenvalue weighted by molar-refractivity contribution is 0.106. The Labute approximate surface area is 126 Å². The maximum absolute atomic E-state index is 9.96. The Bertz CT molecular complexity index is 554. The first kappa shape index (κ1) is 15.5. The van der Waals surface area contributed by atoms with Crippen molar-refractivity contribution in [2.24, 2.45) is 0 Å². The molecular weight excluding hydrogens is 262 g/mol. The highest BCUT2D eigenvalue weighted by Crippen LogP contribution is 2.20. The lowest BCUT2D eigenvalue weighted by Gasteiger charge is -2.15. The predicted octanol–water partition coefficient (Wildman–Crippen LogP) is 2.83. The van der Waals surface area contributed by atoms with Gasteiger partial charge in [-0.3, -0.25) is 0 Å². The van der Waals surface area contributed by atoms with Gasteiger partial charge in [-0.2, -0.15) is 0 Å². The normalized spacial score (nSPS) is 12.1. The fraction of sp³-hybridized carbons (Fsp3) is 0.333. The molecule has 2 aromatic carbocycles. The average Bonchev–Trinajstić information content (AvgIpc) is 2.50. The van der Waals surface area contributed by atoms with Crippen molar-refractivity contribution >= 4 is 0 Å². The van der Waals surface area contributed by atoms with Gasteiger partial charge in [0.05, 0.1) is 0 Å². The van der Waals surface area contributed by atoms with Crippen LogP contribution in [0.4, 0.5) is 0 Å². The second-order valence-electron chi connectivity index (χ2n) is 5.28. The molecule has 2 N–H and O–H groups in total. The van der Waals surface area contributed by atoms with Crippen LogP contribution in [0.25, 0.3) is 0 Å². The van der Waals surface area contributed by atoms with Crippen molar-refractivity contribution < 1.29 is 9.84 Å². The summed E-state index contributed by atoms with van der Waals surface area (Å²) in [5, 5.41) is 13.2. The van der Waals surface area contributed by atoms with Crippen LogP contribution in [0.2, 0.25) is 0 Å². The summed E-state index contributed by atoms with van der Waals surface area (Å²) >= 11 is 0. The number of ether oxygens (including phenoxy) is 1. The summed E-state index contributed by atoms with van der Waals surface area (Å²) in [6.07, 6.45) is -0.520. The standard InChI is InChI=1S/C18H23NO2/c1-14-7-6-10-18(15(14)2)21-13-17(20)12-19-11-16-8-4-3-5-9-16/h3-10,17,19-20H,11-13H2,1-2H3. The number of rotatable bonds is 7. The molecular formula is C18H23NO2. The van der Waals surface area contributed by atoms with Crippen molar-refractivity contribution in [3.8, 4) is 5.75 Å². The molecule has 0 aliphatic carbocycles. The van der Waals surface area contributed by atoms with Gasteiger partial charge in [0.1, 0.15) is 18.5 Å². The van der Waals surface area contributed by atoms with Gasteiger partial charge in [0, 0.05) is 13.1 Å². The average molecular weight is 285 g/mol. The van der Waals surface area contributed by atoms with E-state index in [4.69, 9.17) is 4.74 Å². The maximum atomic E-state index is 9.96. The van der Waals surface area contributed by atoms with Gasteiger partial charge >= 0.3 is 0 Å². The molecule has 2 aromatic rings. The SMILES string of the molecule is Cc1cccc(OCC(O)CNCc2ccccc2)c1C. The molecule has 0 amide bonds. The number of hydrogen-bond donors (Lipinski definition) is 2. The third kappa shape index (κ3) is 4.88. The molecule has 3 nitrogen and oxygen atoms in total. The van der Waals surface area contributed by atoms with Crippen LogP contribution in [0.5, 0.6) is 5.75 Å². The van der Waals surface area contributed by atoms with Crippen molar-refractivity contribution in [2.45, 2.75) is 26.5 Å². The van der Waals surface area contributed by atoms with Gasteiger partial charge in [-0.1, -0.05) is 42.5 Å². The molecule has 0 aliphatic heterocycles. The van der Waals surface area contributed by atoms with E-state index in [9.17, 15) is 5.11 Å². The van der Waals surface area contributed by atoms with Crippen molar-refractivity contribution in [3.05, 3.63) is 65.2 Å². The molecule has 21 heavy (non-hydrogen) atoms. The third-order valence-electron chi connectivity index (χ3n) is 3.54. The summed E-state index contributed by atoms with van der Waals surface area (Å²) in [4.78, 5) is 0. The molecule has 0 radical (unpaired) electrons. The number of aliphatic hydroxyl groups excluding tert-OH is 1. The van der Waals surface area contributed by atoms with Crippen LogP contribution in [0.3, 0.4) is 0 Å². The Morgan fingerprint density at radius 1 is 1.05 bits per heavy atom. The monoisotopic (exact) mass is 285 g/mol. The van der Waals surface area contributed by atoms with E-state index in [-0.39, 0.29) is 0 Å². The highest BCUT2D eigenvalue weighted by molar-refractivity contribution is 5.38. The van der Waals surface area contributed by atoms with Crippen molar-refractivity contribution in [1.29, 1.82) is 0 Å². The van der Waals surface area contributed by atoms with Crippen molar-refractivity contribution in [3.63, 3.8) is 0 Å². The first-order valence-corrected chi connectivity index (χ1v) is 7.28. The zero-order chi connectivity index (χ0) is 15.1. The summed E-state index contributed by atoms with van der Waals surface area (Å²) in [6.45, 7) is 5.65. The van der Waals surface area contributed by atoms with Crippen LogP contribution in [0.15, 0.2) is 48.5 Å². The van der Waals surface area contributed by atoms with E-state index in [1.807, 2.05) is 37.3 Å². The van der Waals surface area contributed by atoms with E-state index >= 15 is 0 Å². The predicted molar refractivity (Wildman–Crippen MR) is 85.6 cm³/mol. The van der Waals surface area contributed by atoms with Gasteiger partial charge in [-0.15, -0.1) is 0 Å². The zero-order valence-electron chi connectivity index (χ0n) is 12.7. The van der Waals surface area contributed by atoms with E-state index in [2.05, 4.69) is 30.4 Å². The lowest BCUT2D eigenvalue weighted by atomic mass is 10.1. The first-order chi connectivity index (χ1) is 10.2. The van der Waals surface area contributed by atoms with Crippen molar-refractivity contribution in [1.82, 2.24) is 5.32 Å². The van der Waals surface area contributed by atoms with E-state index in [1.165, 1.54) is 11.1 Å². The summed E-state index contributed by atoms with van der Waals surface area (Å²) < 4.78 is 5.69. The molecule has 0 fully saturated rings. The van der Waals surface area contributed by atoms with E-state index < -0.39 is 6.10 Å². The number of benzene rings is 2. The van der Waals surface area contributed by atoms with E-state index in [0.29, 0.717) is 13.2 Å². The minimum Gasteiger partial charge on any atom is -0.491 e. The Balaban J connectivity index is 1.72. The largest absolute Gasteiger partial charge is 0.491 e. The molecule has 0 spiro atoms. The van der Waals surface area contributed by atoms with Crippen LogP contribution in [0.1, 0.15) is 16.7 Å². The fourth-order valence-corrected chi connectivity index (χ4v) is 2.10. The molecule has 2 rings (SSSR count). The quantitative estimate of drug-likeness (QED) is 0.822. The summed E-state index contributed by atoms with van der Waals surface area (Å²) in [5.41, 5.74) is 3.53. The summed E-state index contributed by atoms with van der Waals surface area (Å²) in [5.74, 6) is 0.845. The molecule has 0 saturated carbocycles. The Morgan fingerprint density at radius 3 is 2.57 bits per heavy atom. The highest BCUT2D eigenvalue weighted by Gasteiger charge is 2.07. The van der Waals surface area contributed by atoms with Crippen LogP contribution < -0.4 is 10.1 Å². The minimum absolute atomic E-state index is 0.298. The molecule has 0 saturated heterocycles. The topological polar surface area (TPSA) is 41.5 Å². The van der Waals surface area contributed by atoms with E-state index in [1.54, 1.807) is 0 Å². The van der Waals surface area contributed by atoms with Gasteiger partial charge in [0.15, 0.2) is 0 Å². The van der Waals surface area contributed by atoms with Crippen LogP contribution >= 0.6 is 0 Å². The summed E-state index contributed by atoms with van der Waals surface area (Å²) in [7, 11) is 0. The molecule has 3 heteroatoms. The molecule has 0 aromatic heterocycles. The second kappa shape index (κ2) is 7.81. The molecule has 0 bridgehead atoms. The number of aliphatic hydroxyl groups is 1. The molecule has 1 unspecified atom stereocenters. The maximum Gasteiger partial charge on any atom is 0.122 e. The summed E-state index contributed by atoms with van der Waals surface area (Å²) in [6, 6.07) is 16.1. The van der Waals surface area contributed by atoms with Crippen LogP contribution in [0, 0.1) is 13.8 Å². The number of nitrogens with one attached hydrogen (secondary N) is 1. The Hall–Kier alpha value is -1.84. The second-order valence-corrected chi connectivity index (χ2v) is 5.28. The van der Waals surface area contributed by atoms with Gasteiger partial charge in [0.25, 0.3) is 0 Å². The number of hydrogen-bond acceptors (Lipinski definition) is 3. The van der Waals surface area contributed by atoms with Gasteiger partial charge in [-0.05, 0) is 36.6 Å². The lowest BCUT2D eigenvalue weighted by Crippen LogP contribution is -2.31. The van der Waals surface area contributed by atoms with Gasteiger partial charge in [-0.25, -0.2) is 0 Å². The molecule has 0 heterocycles. The Kier molecular flexibility index (Phi) is 5.78. The third-order valence-corrected chi connectivity index (χ3v) is 3.54. The van der Waals surface area contributed by atoms with Crippen LogP contribution in [-0.2, 0) is 6.54 Å². The zero-order valence-corrected chi connectivity index (χ0v) is 12.7. The van der Waals surface area contributed by atoms with Gasteiger partial charge < -0.3 is 15.2 Å². The molecule has 0 aliphatic rings. The van der Waals surface area contributed by atoms with E-state index in [0.717, 1.165) is 17.9 Å². The first-order valence-electron chi connectivity index (χ1n) is 7.28. The minimum atomic E-state index is -0.520. The van der Waals surface area contributed by atoms with Crippen molar-refractivity contribution in [2.75, 3.05) is 13.2 Å². The number of aryl methyl sites for hydroxylation is 1. The fourth-order valence-electron chi connectivity index (χ4n) is 2.10. The van der Waals surface area contributed by atoms with Gasteiger partial charge in [0.2, 0.25) is 0 Å².